The van der Waals surface area contributed by atoms with Crippen LogP contribution in [-0.2, 0) is 4.79 Å². The maximum atomic E-state index is 14.0. The third-order valence-electron chi connectivity index (χ3n) is 3.67. The van der Waals surface area contributed by atoms with Crippen molar-refractivity contribution in [2.24, 2.45) is 5.41 Å². The van der Waals surface area contributed by atoms with Crippen LogP contribution in [0.5, 0.6) is 0 Å². The van der Waals surface area contributed by atoms with E-state index in [4.69, 9.17) is 5.26 Å². The molecular formula is C14H14F2N2O2. The predicted octanol–water partition coefficient (Wildman–Crippen LogP) is 2.53. The zero-order valence-electron chi connectivity index (χ0n) is 11.0. The number of aliphatic carboxylic acids is 1. The fourth-order valence-electron chi connectivity index (χ4n) is 2.54. The summed E-state index contributed by atoms with van der Waals surface area (Å²) in [6, 6.07) is 3.61. The minimum atomic E-state index is -1.02. The molecule has 1 fully saturated rings. The molecule has 0 spiro atoms. The number of anilines is 1. The quantitative estimate of drug-likeness (QED) is 0.904. The number of nitrogens with zero attached hydrogens (tertiary/aromatic N) is 2. The Morgan fingerprint density at radius 2 is 2.05 bits per heavy atom. The second kappa shape index (κ2) is 5.08. The second-order valence-corrected chi connectivity index (χ2v) is 5.29. The summed E-state index contributed by atoms with van der Waals surface area (Å²) in [5.41, 5.74) is -1.37. The molecule has 1 saturated heterocycles. The van der Waals surface area contributed by atoms with Gasteiger partial charge >= 0.3 is 5.97 Å². The summed E-state index contributed by atoms with van der Waals surface area (Å²) in [6.45, 7) is 2.01. The molecule has 4 nitrogen and oxygen atoms in total. The summed E-state index contributed by atoms with van der Waals surface area (Å²) < 4.78 is 27.9. The van der Waals surface area contributed by atoms with E-state index < -0.39 is 23.0 Å². The molecule has 1 atom stereocenters. The number of hydrogen-bond donors (Lipinski definition) is 1. The SMILES string of the molecule is CC1(C(=O)O)CCCN(c2c(F)cc(C#N)cc2F)C1. The lowest BCUT2D eigenvalue weighted by molar-refractivity contribution is -0.148. The molecule has 1 heterocycles. The Morgan fingerprint density at radius 3 is 2.55 bits per heavy atom. The van der Waals surface area contributed by atoms with Crippen LogP contribution in [0, 0.1) is 28.4 Å². The maximum absolute atomic E-state index is 14.0. The highest BCUT2D eigenvalue weighted by molar-refractivity contribution is 5.75. The third-order valence-corrected chi connectivity index (χ3v) is 3.67. The van der Waals surface area contributed by atoms with E-state index in [2.05, 4.69) is 0 Å². The molecule has 1 aromatic carbocycles. The number of nitriles is 1. The molecule has 1 aliphatic rings. The van der Waals surface area contributed by atoms with Crippen LogP contribution in [0.4, 0.5) is 14.5 Å². The van der Waals surface area contributed by atoms with Crippen LogP contribution >= 0.6 is 0 Å². The molecule has 0 amide bonds. The lowest BCUT2D eigenvalue weighted by atomic mass is 9.82. The number of rotatable bonds is 2. The summed E-state index contributed by atoms with van der Waals surface area (Å²) in [7, 11) is 0. The average molecular weight is 280 g/mol. The van der Waals surface area contributed by atoms with Crippen molar-refractivity contribution in [2.45, 2.75) is 19.8 Å². The smallest absolute Gasteiger partial charge is 0.311 e. The zero-order valence-corrected chi connectivity index (χ0v) is 11.0. The van der Waals surface area contributed by atoms with Crippen LogP contribution in [0.15, 0.2) is 12.1 Å². The summed E-state index contributed by atoms with van der Waals surface area (Å²) in [6.07, 6.45) is 1.01. The minimum absolute atomic E-state index is 0.0437. The van der Waals surface area contributed by atoms with Gasteiger partial charge in [0.25, 0.3) is 0 Å². The number of carbonyl (C=O) groups is 1. The molecular weight excluding hydrogens is 266 g/mol. The molecule has 0 saturated carbocycles. The Labute approximate surface area is 115 Å². The van der Waals surface area contributed by atoms with Gasteiger partial charge in [0.2, 0.25) is 0 Å². The summed E-state index contributed by atoms with van der Waals surface area (Å²) in [4.78, 5) is 12.7. The van der Waals surface area contributed by atoms with E-state index in [0.29, 0.717) is 19.4 Å². The van der Waals surface area contributed by atoms with Gasteiger partial charge in [-0.15, -0.1) is 0 Å². The maximum Gasteiger partial charge on any atom is 0.311 e. The van der Waals surface area contributed by atoms with E-state index in [9.17, 15) is 18.7 Å². The second-order valence-electron chi connectivity index (χ2n) is 5.29. The highest BCUT2D eigenvalue weighted by Gasteiger charge is 2.39. The standard InChI is InChI=1S/C14H14F2N2O2/c1-14(13(19)20)3-2-4-18(8-14)12-10(15)5-9(7-17)6-11(12)16/h5-6H,2-4,8H2,1H3,(H,19,20). The van der Waals surface area contributed by atoms with Gasteiger partial charge in [-0.25, -0.2) is 8.78 Å². The Balaban J connectivity index is 2.37. The first-order chi connectivity index (χ1) is 9.37. The van der Waals surface area contributed by atoms with Crippen LogP contribution < -0.4 is 4.90 Å². The van der Waals surface area contributed by atoms with Gasteiger partial charge in [-0.1, -0.05) is 0 Å². The number of hydrogen-bond acceptors (Lipinski definition) is 3. The molecule has 0 aromatic heterocycles. The minimum Gasteiger partial charge on any atom is -0.481 e. The largest absolute Gasteiger partial charge is 0.481 e. The molecule has 1 unspecified atom stereocenters. The number of carboxylic acid groups (broad SMARTS) is 1. The molecule has 1 aliphatic heterocycles. The molecule has 0 aliphatic carbocycles. The summed E-state index contributed by atoms with van der Waals surface area (Å²) in [5, 5.41) is 17.9. The lowest BCUT2D eigenvalue weighted by Gasteiger charge is -2.39. The number of carboxylic acids is 1. The van der Waals surface area contributed by atoms with Gasteiger partial charge in [0.15, 0.2) is 11.6 Å². The number of benzene rings is 1. The van der Waals surface area contributed by atoms with E-state index in [0.717, 1.165) is 12.1 Å². The van der Waals surface area contributed by atoms with Crippen LogP contribution in [0.2, 0.25) is 0 Å². The van der Waals surface area contributed by atoms with E-state index in [-0.39, 0.29) is 17.8 Å². The van der Waals surface area contributed by atoms with Crippen LogP contribution in [0.25, 0.3) is 0 Å². The Morgan fingerprint density at radius 1 is 1.45 bits per heavy atom. The van der Waals surface area contributed by atoms with E-state index in [1.54, 1.807) is 13.0 Å². The molecule has 1 aromatic rings. The van der Waals surface area contributed by atoms with E-state index in [1.165, 1.54) is 4.90 Å². The Hall–Kier alpha value is -2.16. The van der Waals surface area contributed by atoms with Gasteiger partial charge < -0.3 is 10.0 Å². The van der Waals surface area contributed by atoms with Gasteiger partial charge in [0.05, 0.1) is 17.0 Å². The molecule has 106 valence electrons. The fraction of sp³-hybridized carbons (Fsp3) is 0.429. The monoisotopic (exact) mass is 280 g/mol. The lowest BCUT2D eigenvalue weighted by Crippen LogP contribution is -2.46. The molecule has 20 heavy (non-hydrogen) atoms. The van der Waals surface area contributed by atoms with Crippen LogP contribution in [0.3, 0.4) is 0 Å². The number of halogens is 2. The summed E-state index contributed by atoms with van der Waals surface area (Å²) in [5.74, 6) is -2.65. The van der Waals surface area contributed by atoms with Crippen molar-refractivity contribution in [3.63, 3.8) is 0 Å². The van der Waals surface area contributed by atoms with Crippen molar-refractivity contribution in [1.29, 1.82) is 5.26 Å². The van der Waals surface area contributed by atoms with Crippen LogP contribution in [-0.4, -0.2) is 24.2 Å². The van der Waals surface area contributed by atoms with E-state index >= 15 is 0 Å². The van der Waals surface area contributed by atoms with Gasteiger partial charge in [0, 0.05) is 13.1 Å². The van der Waals surface area contributed by atoms with Crippen LogP contribution in [0.1, 0.15) is 25.3 Å². The first kappa shape index (κ1) is 14.3. The van der Waals surface area contributed by atoms with Gasteiger partial charge in [0.1, 0.15) is 5.69 Å². The third kappa shape index (κ3) is 2.44. The van der Waals surface area contributed by atoms with Gasteiger partial charge in [-0.05, 0) is 31.9 Å². The Bertz CT molecular complexity index is 574. The molecule has 0 radical (unpaired) electrons. The van der Waals surface area contributed by atoms with Gasteiger partial charge in [-0.3, -0.25) is 4.79 Å². The Kier molecular flexibility index (Phi) is 3.62. The first-order valence-electron chi connectivity index (χ1n) is 6.25. The molecule has 1 N–H and O–H groups in total. The highest BCUT2D eigenvalue weighted by Crippen LogP contribution is 2.35. The van der Waals surface area contributed by atoms with Crippen molar-refractivity contribution in [2.75, 3.05) is 18.0 Å². The highest BCUT2D eigenvalue weighted by atomic mass is 19.1. The van der Waals surface area contributed by atoms with Gasteiger partial charge in [-0.2, -0.15) is 5.26 Å². The van der Waals surface area contributed by atoms with Crippen molar-refractivity contribution in [3.05, 3.63) is 29.3 Å². The zero-order chi connectivity index (χ0) is 14.9. The van der Waals surface area contributed by atoms with Crippen molar-refractivity contribution in [1.82, 2.24) is 0 Å². The molecule has 2 rings (SSSR count). The van der Waals surface area contributed by atoms with Crippen molar-refractivity contribution in [3.8, 4) is 6.07 Å². The summed E-state index contributed by atoms with van der Waals surface area (Å²) >= 11 is 0. The fourth-order valence-corrected chi connectivity index (χ4v) is 2.54. The molecule has 6 heteroatoms. The predicted molar refractivity (Wildman–Crippen MR) is 68.3 cm³/mol. The van der Waals surface area contributed by atoms with Crippen molar-refractivity contribution < 1.29 is 18.7 Å². The molecule has 0 bridgehead atoms. The normalized spacial score (nSPS) is 22.4. The van der Waals surface area contributed by atoms with E-state index in [1.807, 2.05) is 0 Å². The average Bonchev–Trinajstić information content (AvgIpc) is 2.37. The topological polar surface area (TPSA) is 64.3 Å². The number of piperidine rings is 1. The van der Waals surface area contributed by atoms with Crippen molar-refractivity contribution >= 4 is 11.7 Å². The first-order valence-corrected chi connectivity index (χ1v) is 6.25.